The molecule has 0 spiro atoms. The minimum Gasteiger partial charge on any atom is -0.449 e. The van der Waals surface area contributed by atoms with Gasteiger partial charge >= 0.3 is 5.97 Å². The second-order valence-corrected chi connectivity index (χ2v) is 5.09. The van der Waals surface area contributed by atoms with E-state index in [1.54, 1.807) is 30.6 Å². The molecule has 3 nitrogen and oxygen atoms in total. The van der Waals surface area contributed by atoms with Crippen LogP contribution in [0.2, 0.25) is 0 Å². The highest BCUT2D eigenvalue weighted by Crippen LogP contribution is 2.27. The zero-order valence-corrected chi connectivity index (χ0v) is 12.6. The fraction of sp³-hybridized carbons (Fsp3) is 0.0500. The van der Waals surface area contributed by atoms with Crippen molar-refractivity contribution in [3.8, 4) is 0 Å². The van der Waals surface area contributed by atoms with Gasteiger partial charge in [-0.1, -0.05) is 60.7 Å². The molecule has 0 saturated heterocycles. The van der Waals surface area contributed by atoms with Crippen molar-refractivity contribution in [3.05, 3.63) is 108 Å². The van der Waals surface area contributed by atoms with Gasteiger partial charge in [-0.3, -0.25) is 0 Å². The van der Waals surface area contributed by atoms with E-state index in [0.29, 0.717) is 5.57 Å². The normalized spacial score (nSPS) is 13.2. The Morgan fingerprint density at radius 3 is 2.09 bits per heavy atom. The van der Waals surface area contributed by atoms with Gasteiger partial charge in [-0.25, -0.2) is 4.79 Å². The highest BCUT2D eigenvalue weighted by Gasteiger charge is 2.20. The highest BCUT2D eigenvalue weighted by molar-refractivity contribution is 5.92. The summed E-state index contributed by atoms with van der Waals surface area (Å²) in [6.45, 7) is 0. The van der Waals surface area contributed by atoms with E-state index in [9.17, 15) is 4.79 Å². The van der Waals surface area contributed by atoms with Crippen LogP contribution in [0.25, 0.3) is 0 Å². The van der Waals surface area contributed by atoms with Gasteiger partial charge in [0.1, 0.15) is 0 Å². The second-order valence-electron chi connectivity index (χ2n) is 5.09. The average molecular weight is 303 g/mol. The molecule has 0 saturated carbocycles. The smallest absolute Gasteiger partial charge is 0.339 e. The van der Waals surface area contributed by atoms with E-state index >= 15 is 0 Å². The topological polar surface area (TPSA) is 38.3 Å². The van der Waals surface area contributed by atoms with Crippen LogP contribution < -0.4 is 5.32 Å². The molecule has 114 valence electrons. The fourth-order valence-corrected chi connectivity index (χ4v) is 2.35. The van der Waals surface area contributed by atoms with Crippen molar-refractivity contribution in [2.45, 2.75) is 6.10 Å². The Balaban J connectivity index is 1.89. The van der Waals surface area contributed by atoms with Crippen LogP contribution in [0.15, 0.2) is 96.9 Å². The summed E-state index contributed by atoms with van der Waals surface area (Å²) in [6, 6.07) is 19.5. The van der Waals surface area contributed by atoms with Crippen molar-refractivity contribution in [3.63, 3.8) is 0 Å². The van der Waals surface area contributed by atoms with Crippen LogP contribution in [0.5, 0.6) is 0 Å². The molecule has 1 aliphatic rings. The van der Waals surface area contributed by atoms with Crippen molar-refractivity contribution in [1.82, 2.24) is 5.32 Å². The van der Waals surface area contributed by atoms with Crippen LogP contribution in [0.3, 0.4) is 0 Å². The first kappa shape index (κ1) is 14.9. The van der Waals surface area contributed by atoms with Gasteiger partial charge in [0.2, 0.25) is 0 Å². The number of hydrogen-bond acceptors (Lipinski definition) is 3. The average Bonchev–Trinajstić information content (AvgIpc) is 2.90. The Hall–Kier alpha value is -3.07. The first-order valence-electron chi connectivity index (χ1n) is 7.45. The molecular formula is C20H17NO2. The van der Waals surface area contributed by atoms with Gasteiger partial charge in [-0.2, -0.15) is 0 Å². The van der Waals surface area contributed by atoms with Gasteiger partial charge in [0.25, 0.3) is 0 Å². The van der Waals surface area contributed by atoms with E-state index in [1.165, 1.54) is 0 Å². The maximum absolute atomic E-state index is 12.5. The summed E-state index contributed by atoms with van der Waals surface area (Å²) in [5.74, 6) is -0.354. The Morgan fingerprint density at radius 1 is 0.870 bits per heavy atom. The summed E-state index contributed by atoms with van der Waals surface area (Å²) in [4.78, 5) is 12.5. The number of benzene rings is 2. The molecule has 0 amide bonds. The highest BCUT2D eigenvalue weighted by atomic mass is 16.5. The number of allylic oxidation sites excluding steroid dienone is 2. The third kappa shape index (κ3) is 3.77. The lowest BCUT2D eigenvalue weighted by Gasteiger charge is -2.19. The van der Waals surface area contributed by atoms with Crippen molar-refractivity contribution in [2.75, 3.05) is 0 Å². The zero-order valence-electron chi connectivity index (χ0n) is 12.6. The molecule has 0 bridgehead atoms. The lowest BCUT2D eigenvalue weighted by Crippen LogP contribution is -2.14. The molecule has 23 heavy (non-hydrogen) atoms. The molecule has 3 heteroatoms. The Bertz CT molecular complexity index is 706. The molecule has 2 aromatic carbocycles. The lowest BCUT2D eigenvalue weighted by atomic mass is 10.0. The van der Waals surface area contributed by atoms with E-state index in [2.05, 4.69) is 5.32 Å². The number of nitrogens with one attached hydrogen (secondary N) is 1. The third-order valence-corrected chi connectivity index (χ3v) is 3.49. The second kappa shape index (κ2) is 7.27. The van der Waals surface area contributed by atoms with Crippen LogP contribution >= 0.6 is 0 Å². The number of hydrogen-bond donors (Lipinski definition) is 1. The predicted octanol–water partition coefficient (Wildman–Crippen LogP) is 3.88. The molecule has 1 aliphatic heterocycles. The number of carbonyl (C=O) groups is 1. The van der Waals surface area contributed by atoms with Gasteiger partial charge in [0.15, 0.2) is 6.10 Å². The minimum atomic E-state index is -0.431. The Kier molecular flexibility index (Phi) is 4.69. The fourth-order valence-electron chi connectivity index (χ4n) is 2.35. The Morgan fingerprint density at radius 2 is 1.48 bits per heavy atom. The number of carbonyl (C=O) groups excluding carboxylic acids is 1. The molecule has 0 aromatic heterocycles. The molecule has 0 unspecified atom stereocenters. The summed E-state index contributed by atoms with van der Waals surface area (Å²) in [5, 5.41) is 2.93. The minimum absolute atomic E-state index is 0.354. The molecule has 1 heterocycles. The van der Waals surface area contributed by atoms with Gasteiger partial charge in [0.05, 0.1) is 5.57 Å². The van der Waals surface area contributed by atoms with E-state index < -0.39 is 6.10 Å². The van der Waals surface area contributed by atoms with E-state index in [-0.39, 0.29) is 5.97 Å². The predicted molar refractivity (Wildman–Crippen MR) is 90.3 cm³/mol. The summed E-state index contributed by atoms with van der Waals surface area (Å²) >= 11 is 0. The molecule has 0 atom stereocenters. The quantitative estimate of drug-likeness (QED) is 0.871. The lowest BCUT2D eigenvalue weighted by molar-refractivity contribution is -0.142. The van der Waals surface area contributed by atoms with Crippen LogP contribution in [0, 0.1) is 0 Å². The monoisotopic (exact) mass is 303 g/mol. The van der Waals surface area contributed by atoms with E-state index in [0.717, 1.165) is 11.1 Å². The molecule has 0 radical (unpaired) electrons. The molecule has 1 N–H and O–H groups in total. The molecule has 3 rings (SSSR count). The molecule has 0 fully saturated rings. The van der Waals surface area contributed by atoms with Crippen molar-refractivity contribution in [2.24, 2.45) is 0 Å². The van der Waals surface area contributed by atoms with Gasteiger partial charge in [0, 0.05) is 12.4 Å². The standard InChI is InChI=1S/C20H17NO2/c22-20(18-12-7-14-21-15-13-18)23-19(16-8-3-1-4-9-16)17-10-5-2-6-11-17/h1-15,19,21H. The van der Waals surface area contributed by atoms with E-state index in [1.807, 2.05) is 60.7 Å². The largest absolute Gasteiger partial charge is 0.449 e. The van der Waals surface area contributed by atoms with Gasteiger partial charge in [-0.15, -0.1) is 0 Å². The number of esters is 1. The Labute approximate surface area is 135 Å². The van der Waals surface area contributed by atoms with Crippen LogP contribution in [0.1, 0.15) is 17.2 Å². The maximum Gasteiger partial charge on any atom is 0.339 e. The first-order chi connectivity index (χ1) is 11.3. The van der Waals surface area contributed by atoms with E-state index in [4.69, 9.17) is 4.74 Å². The zero-order chi connectivity index (χ0) is 15.9. The van der Waals surface area contributed by atoms with Crippen LogP contribution in [0.4, 0.5) is 0 Å². The number of ether oxygens (including phenoxy) is 1. The first-order valence-corrected chi connectivity index (χ1v) is 7.45. The van der Waals surface area contributed by atoms with Gasteiger partial charge < -0.3 is 10.1 Å². The summed E-state index contributed by atoms with van der Waals surface area (Å²) < 4.78 is 5.80. The molecular weight excluding hydrogens is 286 g/mol. The van der Waals surface area contributed by atoms with Crippen molar-refractivity contribution in [1.29, 1.82) is 0 Å². The van der Waals surface area contributed by atoms with Crippen molar-refractivity contribution < 1.29 is 9.53 Å². The van der Waals surface area contributed by atoms with Crippen LogP contribution in [-0.2, 0) is 9.53 Å². The van der Waals surface area contributed by atoms with Crippen molar-refractivity contribution >= 4 is 5.97 Å². The summed E-state index contributed by atoms with van der Waals surface area (Å²) in [6.07, 6.45) is 8.23. The maximum atomic E-state index is 12.5. The summed E-state index contributed by atoms with van der Waals surface area (Å²) in [7, 11) is 0. The SMILES string of the molecule is O=C(OC(c1ccccc1)c1ccccc1)C1=CC=CNC=C1. The molecule has 2 aromatic rings. The van der Waals surface area contributed by atoms with Gasteiger partial charge in [-0.05, 0) is 29.4 Å². The molecule has 0 aliphatic carbocycles. The summed E-state index contributed by atoms with van der Waals surface area (Å²) in [5.41, 5.74) is 2.39. The number of rotatable bonds is 4. The third-order valence-electron chi connectivity index (χ3n) is 3.49. The van der Waals surface area contributed by atoms with Crippen LogP contribution in [-0.4, -0.2) is 5.97 Å².